The number of carbonyl (C=O) groups excluding carboxylic acids is 1. The Kier molecular flexibility index (Phi) is 7.97. The highest BCUT2D eigenvalue weighted by Crippen LogP contribution is 2.38. The van der Waals surface area contributed by atoms with Crippen LogP contribution in [0.4, 0.5) is 11.4 Å². The smallest absolute Gasteiger partial charge is 0.318 e. The number of nitrogens with one attached hydrogen (secondary N) is 1. The number of nitrogens with zero attached hydrogens (tertiary/aromatic N) is 3. The molecule has 3 rings (SSSR count). The van der Waals surface area contributed by atoms with Crippen LogP contribution in [0.25, 0.3) is 0 Å². The minimum atomic E-state index is -0.781. The van der Waals surface area contributed by atoms with Crippen LogP contribution in [-0.2, 0) is 0 Å². The summed E-state index contributed by atoms with van der Waals surface area (Å²) in [6.45, 7) is 0. The normalized spacial score (nSPS) is 10.5. The first-order chi connectivity index (χ1) is 17.3. The molecule has 1 amide bonds. The van der Waals surface area contributed by atoms with E-state index in [9.17, 15) is 25.0 Å². The minimum absolute atomic E-state index is 0.126. The van der Waals surface area contributed by atoms with Crippen LogP contribution in [0.1, 0.15) is 15.9 Å². The number of methoxy groups -OCH3 is 3. The second kappa shape index (κ2) is 11.3. The lowest BCUT2D eigenvalue weighted by Crippen LogP contribution is -2.17. The maximum absolute atomic E-state index is 12.4. The summed E-state index contributed by atoms with van der Waals surface area (Å²) in [6.07, 6.45) is 1.36. The summed E-state index contributed by atoms with van der Waals surface area (Å²) in [5.41, 5.74) is 2.20. The number of hydrogen-bond acceptors (Lipinski definition) is 10. The number of non-ortho nitro benzene ring substituents is 1. The first kappa shape index (κ1) is 25.4. The minimum Gasteiger partial charge on any atom is -0.493 e. The SMILES string of the molecule is COc1ccc(C(=O)N/N=C/c2ccc(Oc3ccc([N+](=O)[O-])cc3[N+](=O)[O-])c(OC)c2)cc1OC. The van der Waals surface area contributed by atoms with Crippen LogP contribution in [0.3, 0.4) is 0 Å². The largest absolute Gasteiger partial charge is 0.493 e. The molecule has 0 saturated heterocycles. The Balaban J connectivity index is 1.76. The Morgan fingerprint density at radius 1 is 0.806 bits per heavy atom. The van der Waals surface area contributed by atoms with Gasteiger partial charge in [-0.1, -0.05) is 0 Å². The Bertz CT molecular complexity index is 1340. The monoisotopic (exact) mass is 496 g/mol. The van der Waals surface area contributed by atoms with Gasteiger partial charge in [0.2, 0.25) is 5.75 Å². The van der Waals surface area contributed by atoms with Crippen molar-refractivity contribution in [2.45, 2.75) is 0 Å². The van der Waals surface area contributed by atoms with Gasteiger partial charge in [-0.2, -0.15) is 5.10 Å². The predicted molar refractivity (Wildman–Crippen MR) is 127 cm³/mol. The summed E-state index contributed by atoms with van der Waals surface area (Å²) in [6, 6.07) is 12.3. The fourth-order valence-corrected chi connectivity index (χ4v) is 3.02. The molecule has 0 fully saturated rings. The summed E-state index contributed by atoms with van der Waals surface area (Å²) in [7, 11) is 4.31. The van der Waals surface area contributed by atoms with Crippen LogP contribution >= 0.6 is 0 Å². The van der Waals surface area contributed by atoms with E-state index in [2.05, 4.69) is 10.5 Å². The van der Waals surface area contributed by atoms with E-state index >= 15 is 0 Å². The van der Waals surface area contributed by atoms with Crippen molar-refractivity contribution in [3.63, 3.8) is 0 Å². The van der Waals surface area contributed by atoms with Gasteiger partial charge in [-0.25, -0.2) is 5.43 Å². The summed E-state index contributed by atoms with van der Waals surface area (Å²) in [5.74, 6) is 0.518. The zero-order chi connectivity index (χ0) is 26.2. The fourth-order valence-electron chi connectivity index (χ4n) is 3.02. The maximum atomic E-state index is 12.4. The van der Waals surface area contributed by atoms with Gasteiger partial charge in [-0.15, -0.1) is 0 Å². The summed E-state index contributed by atoms with van der Waals surface area (Å²) in [4.78, 5) is 33.1. The van der Waals surface area contributed by atoms with Gasteiger partial charge in [-0.3, -0.25) is 25.0 Å². The summed E-state index contributed by atoms with van der Waals surface area (Å²) >= 11 is 0. The first-order valence-corrected chi connectivity index (χ1v) is 10.1. The highest BCUT2D eigenvalue weighted by Gasteiger charge is 2.22. The van der Waals surface area contributed by atoms with E-state index < -0.39 is 27.1 Å². The van der Waals surface area contributed by atoms with Crippen LogP contribution in [0.5, 0.6) is 28.7 Å². The van der Waals surface area contributed by atoms with Crippen LogP contribution in [0.2, 0.25) is 0 Å². The van der Waals surface area contributed by atoms with E-state index in [-0.39, 0.29) is 17.2 Å². The molecule has 36 heavy (non-hydrogen) atoms. The van der Waals surface area contributed by atoms with Gasteiger partial charge in [-0.05, 0) is 48.0 Å². The van der Waals surface area contributed by atoms with Crippen molar-refractivity contribution in [3.8, 4) is 28.7 Å². The number of carbonyl (C=O) groups is 1. The molecule has 0 bridgehead atoms. The molecule has 3 aromatic rings. The average molecular weight is 496 g/mol. The molecule has 1 N–H and O–H groups in total. The molecular formula is C23H20N4O9. The Hall–Kier alpha value is -5.20. The molecule has 0 spiro atoms. The van der Waals surface area contributed by atoms with E-state index in [1.54, 1.807) is 18.2 Å². The van der Waals surface area contributed by atoms with Gasteiger partial charge in [0, 0.05) is 11.6 Å². The topological polar surface area (TPSA) is 165 Å². The Labute approximate surface area is 204 Å². The van der Waals surface area contributed by atoms with E-state index in [4.69, 9.17) is 18.9 Å². The zero-order valence-corrected chi connectivity index (χ0v) is 19.3. The van der Waals surface area contributed by atoms with Gasteiger partial charge in [0.15, 0.2) is 23.0 Å². The quantitative estimate of drug-likeness (QED) is 0.247. The molecule has 3 aromatic carbocycles. The van der Waals surface area contributed by atoms with Crippen molar-refractivity contribution >= 4 is 23.5 Å². The van der Waals surface area contributed by atoms with Gasteiger partial charge in [0.25, 0.3) is 11.6 Å². The third-order valence-corrected chi connectivity index (χ3v) is 4.78. The molecule has 0 aromatic heterocycles. The molecule has 0 aliphatic carbocycles. The molecular weight excluding hydrogens is 476 g/mol. The van der Waals surface area contributed by atoms with Gasteiger partial charge in [0.1, 0.15) is 0 Å². The molecule has 0 aliphatic heterocycles. The van der Waals surface area contributed by atoms with Gasteiger partial charge < -0.3 is 18.9 Å². The average Bonchev–Trinajstić information content (AvgIpc) is 2.88. The van der Waals surface area contributed by atoms with E-state index in [1.165, 1.54) is 45.7 Å². The molecule has 0 unspecified atom stereocenters. The zero-order valence-electron chi connectivity index (χ0n) is 19.3. The van der Waals surface area contributed by atoms with Gasteiger partial charge in [0.05, 0.1) is 43.5 Å². The molecule has 0 aliphatic rings. The number of nitro groups is 2. The number of nitro benzene ring substituents is 2. The third-order valence-electron chi connectivity index (χ3n) is 4.78. The molecule has 13 nitrogen and oxygen atoms in total. The third kappa shape index (κ3) is 5.83. The Morgan fingerprint density at radius 2 is 1.44 bits per heavy atom. The first-order valence-electron chi connectivity index (χ1n) is 10.1. The molecule has 0 radical (unpaired) electrons. The van der Waals surface area contributed by atoms with Crippen LogP contribution < -0.4 is 24.4 Å². The summed E-state index contributed by atoms with van der Waals surface area (Å²) < 4.78 is 21.2. The second-order valence-corrected chi connectivity index (χ2v) is 6.95. The number of hydrazone groups is 1. The number of ether oxygens (including phenoxy) is 4. The standard InChI is InChI=1S/C23H20N4O9/c1-33-19-8-5-15(11-22(19)35-3)23(28)25-24-13-14-4-7-20(21(10-14)34-2)36-18-9-6-16(26(29)30)12-17(18)27(31)32/h4-13H,1-3H3,(H,25,28)/b24-13+. The Morgan fingerprint density at radius 3 is 2.08 bits per heavy atom. The number of hydrogen-bond donors (Lipinski definition) is 1. The second-order valence-electron chi connectivity index (χ2n) is 6.95. The lowest BCUT2D eigenvalue weighted by Gasteiger charge is -2.11. The van der Waals surface area contributed by atoms with Gasteiger partial charge >= 0.3 is 5.69 Å². The number of benzene rings is 3. The van der Waals surface area contributed by atoms with Crippen molar-refractivity contribution in [1.29, 1.82) is 0 Å². The van der Waals surface area contributed by atoms with E-state index in [1.807, 2.05) is 0 Å². The molecule has 13 heteroatoms. The van der Waals surface area contributed by atoms with Crippen molar-refractivity contribution in [3.05, 3.63) is 86.0 Å². The molecule has 186 valence electrons. The van der Waals surface area contributed by atoms with Crippen molar-refractivity contribution in [1.82, 2.24) is 5.43 Å². The molecule has 0 heterocycles. The lowest BCUT2D eigenvalue weighted by molar-refractivity contribution is -0.394. The highest BCUT2D eigenvalue weighted by atomic mass is 16.6. The van der Waals surface area contributed by atoms with E-state index in [0.717, 1.165) is 18.2 Å². The van der Waals surface area contributed by atoms with Crippen LogP contribution in [0, 0.1) is 20.2 Å². The number of rotatable bonds is 10. The maximum Gasteiger partial charge on any atom is 0.318 e. The highest BCUT2D eigenvalue weighted by molar-refractivity contribution is 5.95. The van der Waals surface area contributed by atoms with Crippen LogP contribution in [0.15, 0.2) is 59.7 Å². The van der Waals surface area contributed by atoms with Crippen LogP contribution in [-0.4, -0.2) is 43.3 Å². The fraction of sp³-hybridized carbons (Fsp3) is 0.130. The van der Waals surface area contributed by atoms with E-state index in [0.29, 0.717) is 22.6 Å². The van der Waals surface area contributed by atoms with Crippen molar-refractivity contribution < 1.29 is 33.6 Å². The van der Waals surface area contributed by atoms with Crippen molar-refractivity contribution in [2.75, 3.05) is 21.3 Å². The number of amides is 1. The molecule has 0 atom stereocenters. The van der Waals surface area contributed by atoms with Crippen molar-refractivity contribution in [2.24, 2.45) is 5.10 Å². The molecule has 0 saturated carbocycles. The lowest BCUT2D eigenvalue weighted by atomic mass is 10.2. The summed E-state index contributed by atoms with van der Waals surface area (Å²) in [5, 5.41) is 26.2. The predicted octanol–water partition coefficient (Wildman–Crippen LogP) is 4.09.